The van der Waals surface area contributed by atoms with Gasteiger partial charge in [0.25, 0.3) is 0 Å². The van der Waals surface area contributed by atoms with Gasteiger partial charge in [0.15, 0.2) is 0 Å². The summed E-state index contributed by atoms with van der Waals surface area (Å²) in [6, 6.07) is 3.03. The largest absolute Gasteiger partial charge is 0.493 e. The number of alkyl carbamates (subject to hydrolysis) is 1. The number of halogens is 1. The maximum absolute atomic E-state index is 14.9. The number of piperidine rings is 1. The first kappa shape index (κ1) is 32.8. The van der Waals surface area contributed by atoms with Crippen LogP contribution in [-0.2, 0) is 20.7 Å². The predicted octanol–water partition coefficient (Wildman–Crippen LogP) is 4.89. The monoisotopic (exact) mass is 563 g/mol. The van der Waals surface area contributed by atoms with Crippen molar-refractivity contribution in [3.63, 3.8) is 0 Å². The highest BCUT2D eigenvalue weighted by molar-refractivity contribution is 6.00. The van der Waals surface area contributed by atoms with Crippen LogP contribution in [0.15, 0.2) is 18.2 Å². The molecule has 0 radical (unpaired) electrons. The summed E-state index contributed by atoms with van der Waals surface area (Å²) in [6.07, 6.45) is 1.58. The quantitative estimate of drug-likeness (QED) is 0.237. The van der Waals surface area contributed by atoms with Crippen molar-refractivity contribution in [2.24, 2.45) is 17.8 Å². The standard InChI is InChI=1S/C29H44FN4O6/c1-18(2)25(31)33-27(36)34-13-10-20(11-14-34)19(3)12-15-39-22-9-8-21(23(30)17-22)16-24(26(35)38-7)32-28(37)40-29(4,5)6/h8-9,17-20,24H,10-16H2,1-7H3,(H2-,31,32,33,36,37)/q-1/t19-,24?/m1/s1. The van der Waals surface area contributed by atoms with E-state index in [9.17, 15) is 24.2 Å². The van der Waals surface area contributed by atoms with Crippen LogP contribution in [0.5, 0.6) is 5.75 Å². The molecule has 10 nitrogen and oxygen atoms in total. The first-order valence-electron chi connectivity index (χ1n) is 13.8. The van der Waals surface area contributed by atoms with Gasteiger partial charge >= 0.3 is 12.1 Å². The molecule has 0 bridgehead atoms. The normalized spacial score (nSPS) is 15.7. The zero-order valence-corrected chi connectivity index (χ0v) is 24.7. The van der Waals surface area contributed by atoms with Crippen LogP contribution in [0.3, 0.4) is 0 Å². The number of hydrogen-bond acceptors (Lipinski definition) is 6. The minimum Gasteiger partial charge on any atom is -0.493 e. The van der Waals surface area contributed by atoms with E-state index in [1.54, 1.807) is 45.6 Å². The SMILES string of the molecule is COC(=O)C(Cc1ccc(OCC[C@@H](C)C2CCN(C(=O)NC(=[N-])C(C)C)CC2)cc1F)NC(=O)OC(C)(C)C. The van der Waals surface area contributed by atoms with Crippen LogP contribution in [0.25, 0.3) is 5.41 Å². The highest BCUT2D eigenvalue weighted by Crippen LogP contribution is 2.28. The number of hydrogen-bond donors (Lipinski definition) is 2. The summed E-state index contributed by atoms with van der Waals surface area (Å²) in [7, 11) is 1.19. The first-order valence-corrected chi connectivity index (χ1v) is 13.8. The first-order chi connectivity index (χ1) is 18.7. The molecule has 1 aromatic rings. The average molecular weight is 564 g/mol. The third-order valence-corrected chi connectivity index (χ3v) is 6.88. The van der Waals surface area contributed by atoms with Crippen molar-refractivity contribution in [1.29, 1.82) is 0 Å². The number of amidine groups is 1. The number of rotatable bonds is 10. The molecule has 2 atom stereocenters. The van der Waals surface area contributed by atoms with Crippen LogP contribution in [0.1, 0.15) is 66.4 Å². The van der Waals surface area contributed by atoms with E-state index in [-0.39, 0.29) is 29.8 Å². The third-order valence-electron chi connectivity index (χ3n) is 6.88. The van der Waals surface area contributed by atoms with Crippen molar-refractivity contribution in [2.75, 3.05) is 26.8 Å². The summed E-state index contributed by atoms with van der Waals surface area (Å²) in [4.78, 5) is 38.3. The number of nitrogens with one attached hydrogen (secondary N) is 2. The number of ether oxygens (including phenoxy) is 3. The smallest absolute Gasteiger partial charge is 0.408 e. The van der Waals surface area contributed by atoms with Crippen LogP contribution in [0.2, 0.25) is 0 Å². The van der Waals surface area contributed by atoms with E-state index in [4.69, 9.17) is 14.2 Å². The summed E-state index contributed by atoms with van der Waals surface area (Å²) >= 11 is 0. The van der Waals surface area contributed by atoms with Gasteiger partial charge in [-0.15, -0.1) is 0 Å². The Labute approximate surface area is 236 Å². The molecule has 0 saturated carbocycles. The summed E-state index contributed by atoms with van der Waals surface area (Å²) in [5, 5.41) is 14.8. The lowest BCUT2D eigenvalue weighted by atomic mass is 9.84. The van der Waals surface area contributed by atoms with E-state index in [0.29, 0.717) is 37.3 Å². The lowest BCUT2D eigenvalue weighted by Crippen LogP contribution is -2.47. The van der Waals surface area contributed by atoms with Crippen molar-refractivity contribution in [3.8, 4) is 5.75 Å². The number of urea groups is 1. The number of esters is 1. The van der Waals surface area contributed by atoms with Crippen LogP contribution < -0.4 is 15.4 Å². The summed E-state index contributed by atoms with van der Waals surface area (Å²) in [6.45, 7) is 12.5. The molecule has 2 rings (SSSR count). The van der Waals surface area contributed by atoms with Gasteiger partial charge in [-0.25, -0.2) is 14.0 Å². The molecule has 224 valence electrons. The van der Waals surface area contributed by atoms with Gasteiger partial charge in [-0.3, -0.25) is 4.79 Å². The van der Waals surface area contributed by atoms with E-state index in [1.165, 1.54) is 19.2 Å². The maximum Gasteiger partial charge on any atom is 0.408 e. The Morgan fingerprint density at radius 2 is 1.80 bits per heavy atom. The minimum atomic E-state index is -1.11. The van der Waals surface area contributed by atoms with E-state index in [1.807, 2.05) is 0 Å². The fourth-order valence-electron chi connectivity index (χ4n) is 4.39. The van der Waals surface area contributed by atoms with Crippen molar-refractivity contribution >= 4 is 23.9 Å². The number of carbonyl (C=O) groups excluding carboxylic acids is 3. The molecule has 40 heavy (non-hydrogen) atoms. The Morgan fingerprint density at radius 1 is 1.15 bits per heavy atom. The average Bonchev–Trinajstić information content (AvgIpc) is 2.87. The molecule has 1 saturated heterocycles. The van der Waals surface area contributed by atoms with Crippen LogP contribution >= 0.6 is 0 Å². The Morgan fingerprint density at radius 3 is 2.35 bits per heavy atom. The Hall–Kier alpha value is -3.37. The fraction of sp³-hybridized carbons (Fsp3) is 0.655. The van der Waals surface area contributed by atoms with Crippen LogP contribution in [0, 0.1) is 23.6 Å². The lowest BCUT2D eigenvalue weighted by Gasteiger charge is -2.37. The number of likely N-dealkylation sites (tertiary alicyclic amines) is 1. The van der Waals surface area contributed by atoms with Gasteiger partial charge in [-0.05, 0) is 69.4 Å². The van der Waals surface area contributed by atoms with Crippen molar-refractivity contribution in [1.82, 2.24) is 15.5 Å². The molecule has 0 spiro atoms. The molecule has 1 aromatic carbocycles. The molecule has 3 amide bonds. The predicted molar refractivity (Wildman–Crippen MR) is 151 cm³/mol. The number of methoxy groups -OCH3 is 1. The molecule has 0 aromatic heterocycles. The van der Waals surface area contributed by atoms with E-state index >= 15 is 0 Å². The summed E-state index contributed by atoms with van der Waals surface area (Å²) in [5.41, 5.74) is -0.528. The third kappa shape index (κ3) is 10.7. The molecule has 1 fully saturated rings. The second-order valence-corrected chi connectivity index (χ2v) is 11.6. The maximum atomic E-state index is 14.9. The molecule has 1 aliphatic heterocycles. The topological polar surface area (TPSA) is 128 Å². The van der Waals surface area contributed by atoms with Crippen molar-refractivity contribution in [2.45, 2.75) is 78.9 Å². The number of amides is 3. The molecule has 1 heterocycles. The second-order valence-electron chi connectivity index (χ2n) is 11.6. The van der Waals surface area contributed by atoms with Crippen molar-refractivity contribution < 1.29 is 33.0 Å². The van der Waals surface area contributed by atoms with Gasteiger partial charge in [0.2, 0.25) is 6.03 Å². The molecule has 11 heteroatoms. The number of nitrogens with zero attached hydrogens (tertiary/aromatic N) is 2. The van der Waals surface area contributed by atoms with E-state index in [2.05, 4.69) is 17.6 Å². The molecular weight excluding hydrogens is 519 g/mol. The Balaban J connectivity index is 1.84. The lowest BCUT2D eigenvalue weighted by molar-refractivity contribution is -0.143. The Kier molecular flexibility index (Phi) is 12.2. The van der Waals surface area contributed by atoms with Crippen LogP contribution in [-0.4, -0.2) is 67.3 Å². The van der Waals surface area contributed by atoms with E-state index in [0.717, 1.165) is 19.3 Å². The van der Waals surface area contributed by atoms with Gasteiger partial charge in [0.1, 0.15) is 23.2 Å². The second kappa shape index (κ2) is 14.9. The zero-order chi connectivity index (χ0) is 30.0. The van der Waals surface area contributed by atoms with Gasteiger partial charge in [0, 0.05) is 25.6 Å². The van der Waals surface area contributed by atoms with Crippen LogP contribution in [0.4, 0.5) is 14.0 Å². The number of benzene rings is 1. The highest BCUT2D eigenvalue weighted by atomic mass is 19.1. The summed E-state index contributed by atoms with van der Waals surface area (Å²) in [5.74, 6) is -0.273. The van der Waals surface area contributed by atoms with Crippen molar-refractivity contribution in [3.05, 3.63) is 35.0 Å². The molecule has 0 aliphatic carbocycles. The minimum absolute atomic E-state index is 0.0251. The molecular formula is C29H44FN4O6-. The molecule has 1 aliphatic rings. The molecule has 2 N–H and O–H groups in total. The van der Waals surface area contributed by atoms with Gasteiger partial charge in [-0.2, -0.15) is 0 Å². The zero-order valence-electron chi connectivity index (χ0n) is 24.7. The van der Waals surface area contributed by atoms with Gasteiger partial charge in [0.05, 0.1) is 13.7 Å². The highest BCUT2D eigenvalue weighted by Gasteiger charge is 2.27. The molecule has 1 unspecified atom stereocenters. The Bertz CT molecular complexity index is 1030. The van der Waals surface area contributed by atoms with E-state index < -0.39 is 29.5 Å². The van der Waals surface area contributed by atoms with Gasteiger partial charge < -0.3 is 35.2 Å². The number of carbonyl (C=O) groups is 3. The fourth-order valence-corrected chi connectivity index (χ4v) is 4.39. The summed E-state index contributed by atoms with van der Waals surface area (Å²) < 4.78 is 30.6. The van der Waals surface area contributed by atoms with Gasteiger partial charge in [-0.1, -0.05) is 32.7 Å².